The van der Waals surface area contributed by atoms with Gasteiger partial charge < -0.3 is 10.1 Å². The molecule has 19 heavy (non-hydrogen) atoms. The van der Waals surface area contributed by atoms with E-state index >= 15 is 0 Å². The van der Waals surface area contributed by atoms with Crippen LogP contribution in [-0.4, -0.2) is 25.3 Å². The third-order valence-corrected chi connectivity index (χ3v) is 4.43. The van der Waals surface area contributed by atoms with Gasteiger partial charge in [-0.05, 0) is 56.1 Å². The second-order valence-corrected chi connectivity index (χ2v) is 6.11. The van der Waals surface area contributed by atoms with E-state index in [1.165, 1.54) is 43.2 Å². The monoisotopic (exact) mass is 259 g/mol. The first-order valence-electron chi connectivity index (χ1n) is 7.73. The van der Waals surface area contributed by atoms with E-state index in [-0.39, 0.29) is 0 Å². The molecule has 1 N–H and O–H groups in total. The molecule has 1 saturated heterocycles. The van der Waals surface area contributed by atoms with Crippen LogP contribution in [0.4, 0.5) is 0 Å². The Labute approximate surface area is 116 Å². The van der Waals surface area contributed by atoms with Gasteiger partial charge in [0.2, 0.25) is 0 Å². The molecule has 1 aromatic rings. The van der Waals surface area contributed by atoms with Crippen LogP contribution >= 0.6 is 0 Å². The summed E-state index contributed by atoms with van der Waals surface area (Å²) < 4.78 is 5.84. The maximum atomic E-state index is 5.84. The molecule has 1 heterocycles. The number of hydrogen-bond acceptors (Lipinski definition) is 2. The van der Waals surface area contributed by atoms with E-state index in [0.29, 0.717) is 12.0 Å². The maximum Gasteiger partial charge on any atom is 0.0582 e. The lowest BCUT2D eigenvalue weighted by Gasteiger charge is -2.23. The second kappa shape index (κ2) is 6.06. The second-order valence-electron chi connectivity index (χ2n) is 6.11. The van der Waals surface area contributed by atoms with Crippen LogP contribution in [0.2, 0.25) is 0 Å². The standard InChI is InChI=1S/C17H25NO/c1-13-5-2-3-7-17(13)14(12-18-15-8-9-15)11-16-6-4-10-19-16/h2-3,5,7,14-16,18H,4,6,8-12H2,1H3. The number of hydrogen-bond donors (Lipinski definition) is 1. The van der Waals surface area contributed by atoms with Gasteiger partial charge in [-0.25, -0.2) is 0 Å². The molecule has 2 unspecified atom stereocenters. The molecule has 2 nitrogen and oxygen atoms in total. The summed E-state index contributed by atoms with van der Waals surface area (Å²) in [4.78, 5) is 0. The molecule has 1 saturated carbocycles. The van der Waals surface area contributed by atoms with Crippen LogP contribution in [0.15, 0.2) is 24.3 Å². The van der Waals surface area contributed by atoms with Crippen LogP contribution in [0.5, 0.6) is 0 Å². The Hall–Kier alpha value is -0.860. The van der Waals surface area contributed by atoms with Crippen molar-refractivity contribution < 1.29 is 4.74 Å². The van der Waals surface area contributed by atoms with E-state index in [4.69, 9.17) is 4.74 Å². The Balaban J connectivity index is 1.68. The zero-order valence-corrected chi connectivity index (χ0v) is 11.9. The third kappa shape index (κ3) is 3.58. The van der Waals surface area contributed by atoms with Crippen molar-refractivity contribution in [2.75, 3.05) is 13.2 Å². The van der Waals surface area contributed by atoms with Crippen LogP contribution in [0.3, 0.4) is 0 Å². The van der Waals surface area contributed by atoms with Crippen molar-refractivity contribution in [2.45, 2.75) is 57.1 Å². The summed E-state index contributed by atoms with van der Waals surface area (Å²) in [7, 11) is 0. The Morgan fingerprint density at radius 1 is 1.26 bits per heavy atom. The molecule has 0 aromatic heterocycles. The number of ether oxygens (including phenoxy) is 1. The lowest BCUT2D eigenvalue weighted by Crippen LogP contribution is -2.26. The lowest BCUT2D eigenvalue weighted by molar-refractivity contribution is 0.0976. The summed E-state index contributed by atoms with van der Waals surface area (Å²) in [6.45, 7) is 4.30. The molecular weight excluding hydrogens is 234 g/mol. The zero-order chi connectivity index (χ0) is 13.1. The van der Waals surface area contributed by atoms with Crippen LogP contribution in [0.25, 0.3) is 0 Å². The molecule has 0 radical (unpaired) electrons. The number of rotatable bonds is 6. The van der Waals surface area contributed by atoms with Gasteiger partial charge in [0.1, 0.15) is 0 Å². The Bertz CT molecular complexity index is 407. The van der Waals surface area contributed by atoms with Crippen molar-refractivity contribution in [1.29, 1.82) is 0 Å². The quantitative estimate of drug-likeness (QED) is 0.845. The average molecular weight is 259 g/mol. The summed E-state index contributed by atoms with van der Waals surface area (Å²) in [5.74, 6) is 0.602. The number of aryl methyl sites for hydroxylation is 1. The molecule has 2 aliphatic rings. The zero-order valence-electron chi connectivity index (χ0n) is 11.9. The fourth-order valence-electron chi connectivity index (χ4n) is 3.11. The van der Waals surface area contributed by atoms with E-state index in [2.05, 4.69) is 36.5 Å². The molecule has 2 heteroatoms. The third-order valence-electron chi connectivity index (χ3n) is 4.43. The fourth-order valence-corrected chi connectivity index (χ4v) is 3.11. The van der Waals surface area contributed by atoms with Crippen molar-refractivity contribution in [2.24, 2.45) is 0 Å². The minimum atomic E-state index is 0.477. The van der Waals surface area contributed by atoms with Gasteiger partial charge >= 0.3 is 0 Å². The van der Waals surface area contributed by atoms with Gasteiger partial charge in [-0.3, -0.25) is 0 Å². The summed E-state index contributed by atoms with van der Waals surface area (Å²) in [6, 6.07) is 9.62. The molecule has 1 aromatic carbocycles. The maximum absolute atomic E-state index is 5.84. The highest BCUT2D eigenvalue weighted by atomic mass is 16.5. The molecule has 0 spiro atoms. The van der Waals surface area contributed by atoms with E-state index in [9.17, 15) is 0 Å². The Morgan fingerprint density at radius 3 is 2.79 bits per heavy atom. The first-order chi connectivity index (χ1) is 9.33. The van der Waals surface area contributed by atoms with E-state index in [1.807, 2.05) is 0 Å². The van der Waals surface area contributed by atoms with Crippen molar-refractivity contribution in [3.05, 3.63) is 35.4 Å². The molecular formula is C17H25NO. The molecule has 104 valence electrons. The topological polar surface area (TPSA) is 21.3 Å². The molecule has 2 atom stereocenters. The predicted molar refractivity (Wildman–Crippen MR) is 78.5 cm³/mol. The van der Waals surface area contributed by atoms with Crippen molar-refractivity contribution >= 4 is 0 Å². The molecule has 2 fully saturated rings. The van der Waals surface area contributed by atoms with Gasteiger partial charge in [0.05, 0.1) is 6.10 Å². The van der Waals surface area contributed by atoms with Gasteiger partial charge in [0, 0.05) is 19.2 Å². The average Bonchev–Trinajstić information content (AvgIpc) is 3.11. The normalized spacial score (nSPS) is 24.6. The Kier molecular flexibility index (Phi) is 4.19. The fraction of sp³-hybridized carbons (Fsp3) is 0.647. The molecule has 0 amide bonds. The van der Waals surface area contributed by atoms with Gasteiger partial charge in [0.15, 0.2) is 0 Å². The number of benzene rings is 1. The van der Waals surface area contributed by atoms with E-state index in [0.717, 1.165) is 19.2 Å². The highest BCUT2D eigenvalue weighted by molar-refractivity contribution is 5.29. The molecule has 0 bridgehead atoms. The highest BCUT2D eigenvalue weighted by Crippen LogP contribution is 2.29. The molecule has 1 aliphatic carbocycles. The Morgan fingerprint density at radius 2 is 2.11 bits per heavy atom. The minimum Gasteiger partial charge on any atom is -0.378 e. The van der Waals surface area contributed by atoms with Gasteiger partial charge in [-0.2, -0.15) is 0 Å². The van der Waals surface area contributed by atoms with Gasteiger partial charge in [-0.1, -0.05) is 24.3 Å². The van der Waals surface area contributed by atoms with Gasteiger partial charge in [0.25, 0.3) is 0 Å². The SMILES string of the molecule is Cc1ccccc1C(CNC1CC1)CC1CCCO1. The summed E-state index contributed by atoms with van der Waals surface area (Å²) >= 11 is 0. The van der Waals surface area contributed by atoms with Gasteiger partial charge in [-0.15, -0.1) is 0 Å². The summed E-state index contributed by atoms with van der Waals surface area (Å²) in [6.07, 6.45) is 6.85. The largest absolute Gasteiger partial charge is 0.378 e. The van der Waals surface area contributed by atoms with E-state index in [1.54, 1.807) is 0 Å². The smallest absolute Gasteiger partial charge is 0.0582 e. The summed E-state index contributed by atoms with van der Waals surface area (Å²) in [5.41, 5.74) is 2.93. The minimum absolute atomic E-state index is 0.477. The first kappa shape index (κ1) is 13.1. The van der Waals surface area contributed by atoms with Crippen LogP contribution < -0.4 is 5.32 Å². The van der Waals surface area contributed by atoms with Crippen molar-refractivity contribution in [3.8, 4) is 0 Å². The highest BCUT2D eigenvalue weighted by Gasteiger charge is 2.26. The van der Waals surface area contributed by atoms with Crippen LogP contribution in [0, 0.1) is 6.92 Å². The van der Waals surface area contributed by atoms with Crippen molar-refractivity contribution in [1.82, 2.24) is 5.32 Å². The first-order valence-corrected chi connectivity index (χ1v) is 7.73. The van der Waals surface area contributed by atoms with E-state index < -0.39 is 0 Å². The molecule has 1 aliphatic heterocycles. The van der Waals surface area contributed by atoms with Crippen molar-refractivity contribution in [3.63, 3.8) is 0 Å². The summed E-state index contributed by atoms with van der Waals surface area (Å²) in [5, 5.41) is 3.70. The molecule has 3 rings (SSSR count). The predicted octanol–water partition coefficient (Wildman–Crippen LogP) is 3.40. The van der Waals surface area contributed by atoms with Crippen LogP contribution in [0.1, 0.15) is 49.1 Å². The number of nitrogens with one attached hydrogen (secondary N) is 1. The lowest BCUT2D eigenvalue weighted by atomic mass is 9.89. The van der Waals surface area contributed by atoms with Crippen LogP contribution in [-0.2, 0) is 4.74 Å².